The zero-order valence-corrected chi connectivity index (χ0v) is 18.2. The van der Waals surface area contributed by atoms with Crippen LogP contribution in [0.4, 0.5) is 5.00 Å². The lowest BCUT2D eigenvalue weighted by molar-refractivity contribution is -0.142. The number of carboxylic acid groups (broad SMARTS) is 1. The Morgan fingerprint density at radius 2 is 1.96 bits per heavy atom. The van der Waals surface area contributed by atoms with E-state index in [0.717, 1.165) is 41.7 Å². The molecule has 1 aliphatic carbocycles. The molecule has 0 bridgehead atoms. The smallest absolute Gasteiger partial charge is 0.329 e. The summed E-state index contributed by atoms with van der Waals surface area (Å²) < 4.78 is 32.8. The number of aryl methyl sites for hydroxylation is 1. The van der Waals surface area contributed by atoms with Crippen molar-refractivity contribution in [3.05, 3.63) is 44.2 Å². The number of fused-ring (bicyclic) bond motifs is 1. The van der Waals surface area contributed by atoms with Gasteiger partial charge in [0, 0.05) is 17.5 Å². The molecule has 1 aromatic carbocycles. The molecule has 2 aromatic rings. The van der Waals surface area contributed by atoms with Gasteiger partial charge in [0.15, 0.2) is 0 Å². The molecule has 3 rings (SSSR count). The molecule has 0 amide bonds. The second-order valence-corrected chi connectivity index (χ2v) is 10.3. The quantitative estimate of drug-likeness (QED) is 0.659. The Balaban J connectivity index is 1.99. The maximum absolute atomic E-state index is 13.1. The molecule has 0 aliphatic heterocycles. The van der Waals surface area contributed by atoms with Gasteiger partial charge in [0.1, 0.15) is 11.6 Å². The van der Waals surface area contributed by atoms with Crippen LogP contribution in [0.2, 0.25) is 10.0 Å². The van der Waals surface area contributed by atoms with E-state index in [1.165, 1.54) is 40.9 Å². The highest BCUT2D eigenvalue weighted by atomic mass is 35.5. The van der Waals surface area contributed by atoms with E-state index in [-0.39, 0.29) is 21.5 Å². The second kappa shape index (κ2) is 8.59. The van der Waals surface area contributed by atoms with E-state index in [9.17, 15) is 13.2 Å². The molecule has 28 heavy (non-hydrogen) atoms. The first-order valence-electron chi connectivity index (χ1n) is 8.58. The van der Waals surface area contributed by atoms with Gasteiger partial charge in [-0.15, -0.1) is 11.3 Å². The molecular formula is C18H19Cl2NO5S2. The Morgan fingerprint density at radius 3 is 2.64 bits per heavy atom. The van der Waals surface area contributed by atoms with Gasteiger partial charge in [-0.3, -0.25) is 4.31 Å². The van der Waals surface area contributed by atoms with Gasteiger partial charge in [0.25, 0.3) is 10.0 Å². The topological polar surface area (TPSA) is 83.9 Å². The highest BCUT2D eigenvalue weighted by Crippen LogP contribution is 2.42. The van der Waals surface area contributed by atoms with Crippen molar-refractivity contribution < 1.29 is 23.1 Å². The Hall–Kier alpha value is -1.32. The van der Waals surface area contributed by atoms with Gasteiger partial charge >= 0.3 is 5.97 Å². The summed E-state index contributed by atoms with van der Waals surface area (Å²) in [6, 6.07) is 4.18. The number of hydrogen-bond donors (Lipinski definition) is 1. The lowest BCUT2D eigenvalue weighted by atomic mass is 9.96. The number of hydrogen-bond acceptors (Lipinski definition) is 5. The summed E-state index contributed by atoms with van der Waals surface area (Å²) in [5.74, 6) is -1.07. The number of ether oxygens (including phenoxy) is 1. The molecule has 0 saturated carbocycles. The minimum atomic E-state index is -3.87. The van der Waals surface area contributed by atoms with E-state index < -0.39 is 22.6 Å². The first-order valence-corrected chi connectivity index (χ1v) is 11.6. The van der Waals surface area contributed by atoms with E-state index in [4.69, 9.17) is 33.0 Å². The number of anilines is 1. The van der Waals surface area contributed by atoms with Gasteiger partial charge in [-0.25, -0.2) is 13.2 Å². The number of carboxylic acids is 1. The van der Waals surface area contributed by atoms with Crippen LogP contribution in [-0.2, 0) is 39.0 Å². The molecule has 1 aromatic heterocycles. The largest absolute Gasteiger partial charge is 0.480 e. The molecule has 0 spiro atoms. The Kier molecular flexibility index (Phi) is 6.56. The van der Waals surface area contributed by atoms with Crippen molar-refractivity contribution in [3.63, 3.8) is 0 Å². The molecule has 1 aliphatic rings. The molecule has 6 nitrogen and oxygen atoms in total. The number of benzene rings is 1. The van der Waals surface area contributed by atoms with Gasteiger partial charge in [-0.05, 0) is 49.4 Å². The number of thiophene rings is 1. The van der Waals surface area contributed by atoms with Gasteiger partial charge in [0.05, 0.1) is 21.5 Å². The summed E-state index contributed by atoms with van der Waals surface area (Å²) in [7, 11) is -2.38. The summed E-state index contributed by atoms with van der Waals surface area (Å²) >= 11 is 13.3. The van der Waals surface area contributed by atoms with E-state index in [2.05, 4.69) is 0 Å². The predicted molar refractivity (Wildman–Crippen MR) is 110 cm³/mol. The highest BCUT2D eigenvalue weighted by Gasteiger charge is 2.29. The van der Waals surface area contributed by atoms with E-state index >= 15 is 0 Å². The summed E-state index contributed by atoms with van der Waals surface area (Å²) in [5, 5.41) is 9.81. The fourth-order valence-electron chi connectivity index (χ4n) is 3.16. The Bertz CT molecular complexity index is 1000. The van der Waals surface area contributed by atoms with Gasteiger partial charge < -0.3 is 9.84 Å². The number of rotatable bonds is 7. The van der Waals surface area contributed by atoms with Crippen LogP contribution in [0.5, 0.6) is 0 Å². The molecule has 0 fully saturated rings. The molecule has 1 N–H and O–H groups in total. The monoisotopic (exact) mass is 463 g/mol. The number of sulfonamides is 1. The molecule has 0 atom stereocenters. The van der Waals surface area contributed by atoms with Crippen LogP contribution >= 0.6 is 34.5 Å². The maximum Gasteiger partial charge on any atom is 0.329 e. The highest BCUT2D eigenvalue weighted by molar-refractivity contribution is 7.93. The molecule has 0 unspecified atom stereocenters. The standard InChI is InChI=1S/C18H19Cl2NO5S2/c1-21(28(24,25)11-6-7-14(19)15(20)8-11)18-13(9-26-10-17(22)23)12-4-2-3-5-16(12)27-18/h6-8H,2-5,9-10H2,1H3,(H,22,23). The fraction of sp³-hybridized carbons (Fsp3) is 0.389. The summed E-state index contributed by atoms with van der Waals surface area (Å²) in [4.78, 5) is 12.0. The Labute approximate surface area is 177 Å². The first-order chi connectivity index (χ1) is 13.2. The summed E-state index contributed by atoms with van der Waals surface area (Å²) in [6.07, 6.45) is 3.77. The lowest BCUT2D eigenvalue weighted by Gasteiger charge is -2.20. The van der Waals surface area contributed by atoms with Gasteiger partial charge in [-0.1, -0.05) is 23.2 Å². The molecule has 0 radical (unpaired) electrons. The zero-order chi connectivity index (χ0) is 20.5. The van der Waals surface area contributed by atoms with Crippen LogP contribution in [0.1, 0.15) is 28.8 Å². The number of aliphatic carboxylic acids is 1. The third-order valence-corrected chi connectivity index (χ3v) is 8.59. The van der Waals surface area contributed by atoms with Crippen LogP contribution in [0.25, 0.3) is 0 Å². The fourth-order valence-corrected chi connectivity index (χ4v) is 6.35. The normalized spacial score (nSPS) is 14.0. The minimum absolute atomic E-state index is 0.0353. The number of halogens is 2. The molecule has 10 heteroatoms. The van der Waals surface area contributed by atoms with Crippen molar-refractivity contribution in [2.75, 3.05) is 18.0 Å². The second-order valence-electron chi connectivity index (χ2n) is 6.43. The third-order valence-electron chi connectivity index (χ3n) is 4.57. The van der Waals surface area contributed by atoms with E-state index in [0.29, 0.717) is 5.00 Å². The predicted octanol–water partition coefficient (Wildman–Crippen LogP) is 4.36. The van der Waals surface area contributed by atoms with Crippen molar-refractivity contribution in [2.24, 2.45) is 0 Å². The van der Waals surface area contributed by atoms with Crippen LogP contribution in [0.15, 0.2) is 23.1 Å². The lowest BCUT2D eigenvalue weighted by Crippen LogP contribution is -2.27. The van der Waals surface area contributed by atoms with Crippen LogP contribution in [0.3, 0.4) is 0 Å². The van der Waals surface area contributed by atoms with Crippen LogP contribution < -0.4 is 4.31 Å². The zero-order valence-electron chi connectivity index (χ0n) is 15.1. The van der Waals surface area contributed by atoms with Crippen molar-refractivity contribution in [1.29, 1.82) is 0 Å². The summed E-state index contributed by atoms with van der Waals surface area (Å²) in [6.45, 7) is -0.387. The van der Waals surface area contributed by atoms with Crippen LogP contribution in [0, 0.1) is 0 Å². The van der Waals surface area contributed by atoms with Crippen LogP contribution in [-0.4, -0.2) is 33.1 Å². The number of nitrogens with zero attached hydrogens (tertiary/aromatic N) is 1. The van der Waals surface area contributed by atoms with Gasteiger partial charge in [0.2, 0.25) is 0 Å². The third kappa shape index (κ3) is 4.31. The molecule has 152 valence electrons. The minimum Gasteiger partial charge on any atom is -0.480 e. The molecule has 0 saturated heterocycles. The maximum atomic E-state index is 13.1. The van der Waals surface area contributed by atoms with Gasteiger partial charge in [-0.2, -0.15) is 0 Å². The van der Waals surface area contributed by atoms with Crippen molar-refractivity contribution in [3.8, 4) is 0 Å². The van der Waals surface area contributed by atoms with E-state index in [1.807, 2.05) is 0 Å². The average Bonchev–Trinajstić information content (AvgIpc) is 3.01. The molecule has 1 heterocycles. The van der Waals surface area contributed by atoms with E-state index in [1.54, 1.807) is 0 Å². The summed E-state index contributed by atoms with van der Waals surface area (Å²) in [5.41, 5.74) is 1.82. The first kappa shape index (κ1) is 21.4. The SMILES string of the molecule is CN(c1sc2c(c1COCC(=O)O)CCCC2)S(=O)(=O)c1ccc(Cl)c(Cl)c1. The van der Waals surface area contributed by atoms with Crippen molar-refractivity contribution in [2.45, 2.75) is 37.2 Å². The van der Waals surface area contributed by atoms with Crippen molar-refractivity contribution in [1.82, 2.24) is 0 Å². The van der Waals surface area contributed by atoms with Crippen molar-refractivity contribution >= 4 is 55.5 Å². The Morgan fingerprint density at radius 1 is 1.25 bits per heavy atom. The average molecular weight is 464 g/mol. The molecular weight excluding hydrogens is 445 g/mol. The number of carbonyl (C=O) groups is 1.